The summed E-state index contributed by atoms with van der Waals surface area (Å²) in [5, 5.41) is 5.73. The first-order valence-electron chi connectivity index (χ1n) is 13.5. The maximum atomic E-state index is 14.3. The molecule has 0 spiro atoms. The Morgan fingerprint density at radius 3 is 2.63 bits per heavy atom. The van der Waals surface area contributed by atoms with Crippen LogP contribution in [0.4, 0.5) is 4.79 Å². The molecule has 200 valence electrons. The zero-order chi connectivity index (χ0) is 26.4. The third kappa shape index (κ3) is 4.47. The lowest BCUT2D eigenvalue weighted by atomic mass is 10.0. The zero-order valence-electron chi connectivity index (χ0n) is 22.2. The molecule has 0 radical (unpaired) electrons. The molecule has 0 bridgehead atoms. The molecular weight excluding hydrogens is 484 g/mol. The summed E-state index contributed by atoms with van der Waals surface area (Å²) < 4.78 is 17.2. The first kappa shape index (κ1) is 24.7. The number of nitrogens with zero attached hydrogens (tertiary/aromatic N) is 6. The second-order valence-electron chi connectivity index (χ2n) is 11.2. The molecule has 10 nitrogen and oxygen atoms in total. The second kappa shape index (κ2) is 9.58. The Morgan fingerprint density at radius 1 is 1.11 bits per heavy atom. The van der Waals surface area contributed by atoms with Crippen LogP contribution in [-0.2, 0) is 9.47 Å². The number of rotatable bonds is 3. The van der Waals surface area contributed by atoms with Gasteiger partial charge in [-0.3, -0.25) is 9.36 Å². The molecule has 1 unspecified atom stereocenters. The molecular formula is C28H34N6O4. The third-order valence-electron chi connectivity index (χ3n) is 7.36. The van der Waals surface area contributed by atoms with Gasteiger partial charge >= 0.3 is 6.09 Å². The number of piperidine rings is 1. The number of imidazole rings is 1. The molecule has 0 aliphatic carbocycles. The number of amides is 1. The van der Waals surface area contributed by atoms with Gasteiger partial charge < -0.3 is 18.9 Å². The fourth-order valence-electron chi connectivity index (χ4n) is 5.59. The fraction of sp³-hybridized carbons (Fsp3) is 0.500. The lowest BCUT2D eigenvalue weighted by Gasteiger charge is -2.34. The third-order valence-corrected chi connectivity index (χ3v) is 7.36. The summed E-state index contributed by atoms with van der Waals surface area (Å²) in [5.74, 6) is 0.586. The van der Waals surface area contributed by atoms with E-state index in [2.05, 4.69) is 4.98 Å². The Balaban J connectivity index is 1.43. The molecule has 2 aliphatic heterocycles. The summed E-state index contributed by atoms with van der Waals surface area (Å²) in [7, 11) is 0. The lowest BCUT2D eigenvalue weighted by molar-refractivity contribution is -0.0309. The van der Waals surface area contributed by atoms with E-state index in [9.17, 15) is 9.59 Å². The van der Waals surface area contributed by atoms with E-state index in [1.807, 2.05) is 64.9 Å². The van der Waals surface area contributed by atoms with Crippen molar-refractivity contribution in [3.63, 3.8) is 0 Å². The van der Waals surface area contributed by atoms with Crippen molar-refractivity contribution in [3.8, 4) is 11.4 Å². The summed E-state index contributed by atoms with van der Waals surface area (Å²) >= 11 is 0. The molecule has 2 aliphatic rings. The highest BCUT2D eigenvalue weighted by Gasteiger charge is 2.31. The van der Waals surface area contributed by atoms with Gasteiger partial charge in [0.25, 0.3) is 5.56 Å². The van der Waals surface area contributed by atoms with Crippen LogP contribution in [0, 0.1) is 0 Å². The van der Waals surface area contributed by atoms with Crippen LogP contribution in [0.2, 0.25) is 0 Å². The minimum atomic E-state index is -0.550. The van der Waals surface area contributed by atoms with Crippen molar-refractivity contribution in [2.45, 2.75) is 70.7 Å². The van der Waals surface area contributed by atoms with Crippen LogP contribution in [0.1, 0.15) is 65.1 Å². The van der Waals surface area contributed by atoms with Crippen molar-refractivity contribution in [1.29, 1.82) is 0 Å². The van der Waals surface area contributed by atoms with Crippen molar-refractivity contribution in [3.05, 3.63) is 53.2 Å². The Bertz CT molecular complexity index is 1530. The van der Waals surface area contributed by atoms with E-state index in [1.165, 1.54) is 0 Å². The Kier molecular flexibility index (Phi) is 6.22. The van der Waals surface area contributed by atoms with Gasteiger partial charge in [-0.1, -0.05) is 12.1 Å². The van der Waals surface area contributed by atoms with E-state index in [0.717, 1.165) is 35.8 Å². The highest BCUT2D eigenvalue weighted by molar-refractivity contribution is 5.92. The van der Waals surface area contributed by atoms with E-state index in [4.69, 9.17) is 14.6 Å². The predicted molar refractivity (Wildman–Crippen MR) is 143 cm³/mol. The Morgan fingerprint density at radius 2 is 1.89 bits per heavy atom. The molecule has 1 amide bonds. The monoisotopic (exact) mass is 518 g/mol. The van der Waals surface area contributed by atoms with Crippen LogP contribution in [0.25, 0.3) is 27.9 Å². The van der Waals surface area contributed by atoms with Crippen LogP contribution in [-0.4, -0.2) is 60.0 Å². The number of ether oxygens (including phenoxy) is 2. The van der Waals surface area contributed by atoms with Crippen LogP contribution in [0.15, 0.2) is 47.7 Å². The van der Waals surface area contributed by atoms with Gasteiger partial charge in [0.05, 0.1) is 5.52 Å². The molecule has 10 heteroatoms. The molecule has 2 fully saturated rings. The second-order valence-corrected chi connectivity index (χ2v) is 11.2. The number of carbonyl (C=O) groups excluding carboxylic acids is 1. The number of benzene rings is 1. The molecule has 1 aromatic carbocycles. The van der Waals surface area contributed by atoms with Crippen LogP contribution in [0.5, 0.6) is 0 Å². The molecule has 0 saturated carbocycles. The number of aromatic nitrogens is 5. The van der Waals surface area contributed by atoms with Gasteiger partial charge in [-0.15, -0.1) is 0 Å². The summed E-state index contributed by atoms with van der Waals surface area (Å²) in [6.45, 7) is 7.33. The van der Waals surface area contributed by atoms with E-state index >= 15 is 0 Å². The fourth-order valence-corrected chi connectivity index (χ4v) is 5.59. The van der Waals surface area contributed by atoms with Gasteiger partial charge in [0.2, 0.25) is 0 Å². The topological polar surface area (TPSA) is 95.9 Å². The van der Waals surface area contributed by atoms with E-state index in [0.29, 0.717) is 43.9 Å². The van der Waals surface area contributed by atoms with Crippen molar-refractivity contribution in [2.24, 2.45) is 0 Å². The van der Waals surface area contributed by atoms with Crippen LogP contribution < -0.4 is 5.56 Å². The normalized spacial score (nSPS) is 19.3. The molecule has 5 heterocycles. The highest BCUT2D eigenvalue weighted by atomic mass is 16.6. The first-order valence-corrected chi connectivity index (χ1v) is 13.5. The lowest BCUT2D eigenvalue weighted by Crippen LogP contribution is -2.43. The maximum absolute atomic E-state index is 14.3. The summed E-state index contributed by atoms with van der Waals surface area (Å²) in [6, 6.07) is 7.77. The van der Waals surface area contributed by atoms with Gasteiger partial charge in [0.15, 0.2) is 0 Å². The van der Waals surface area contributed by atoms with Gasteiger partial charge in [-0.25, -0.2) is 14.3 Å². The summed E-state index contributed by atoms with van der Waals surface area (Å²) in [5.41, 5.74) is 1.41. The first-order chi connectivity index (χ1) is 18.3. The number of fused-ring (bicyclic) bond motifs is 3. The molecule has 1 atom stereocenters. The van der Waals surface area contributed by atoms with Crippen molar-refractivity contribution < 1.29 is 14.3 Å². The molecule has 4 aromatic rings. The van der Waals surface area contributed by atoms with Gasteiger partial charge in [0.1, 0.15) is 28.9 Å². The number of carbonyl (C=O) groups is 1. The minimum Gasteiger partial charge on any atom is -0.444 e. The van der Waals surface area contributed by atoms with Crippen molar-refractivity contribution in [2.75, 3.05) is 19.7 Å². The van der Waals surface area contributed by atoms with E-state index < -0.39 is 5.60 Å². The number of hydrogen-bond acceptors (Lipinski definition) is 6. The van der Waals surface area contributed by atoms with Crippen LogP contribution in [0.3, 0.4) is 0 Å². The Hall–Kier alpha value is -3.66. The molecule has 0 N–H and O–H groups in total. The predicted octanol–water partition coefficient (Wildman–Crippen LogP) is 4.78. The Labute approximate surface area is 220 Å². The zero-order valence-corrected chi connectivity index (χ0v) is 22.2. The average molecular weight is 519 g/mol. The average Bonchev–Trinajstić information content (AvgIpc) is 3.53. The van der Waals surface area contributed by atoms with E-state index in [1.54, 1.807) is 17.3 Å². The largest absolute Gasteiger partial charge is 0.444 e. The molecule has 2 saturated heterocycles. The van der Waals surface area contributed by atoms with Crippen LogP contribution >= 0.6 is 0 Å². The number of hydrogen-bond donors (Lipinski definition) is 0. The quantitative estimate of drug-likeness (QED) is 0.387. The number of likely N-dealkylation sites (tertiary alicyclic amines) is 1. The van der Waals surface area contributed by atoms with Gasteiger partial charge in [-0.05, 0) is 65.0 Å². The highest BCUT2D eigenvalue weighted by Crippen LogP contribution is 2.31. The van der Waals surface area contributed by atoms with Gasteiger partial charge in [-0.2, -0.15) is 5.10 Å². The summed E-state index contributed by atoms with van der Waals surface area (Å²) in [4.78, 5) is 33.3. The maximum Gasteiger partial charge on any atom is 0.410 e. The van der Waals surface area contributed by atoms with Crippen molar-refractivity contribution >= 4 is 22.6 Å². The van der Waals surface area contributed by atoms with Gasteiger partial charge in [0, 0.05) is 49.7 Å². The van der Waals surface area contributed by atoms with Crippen molar-refractivity contribution in [1.82, 2.24) is 28.6 Å². The SMILES string of the molecule is CC(C)(C)OC(=O)N1CCC(n2c(=O)c(-c3nccn3C3CCCCO3)cn3nc4ccccc4c23)CC1. The molecule has 6 rings (SSSR count). The summed E-state index contributed by atoms with van der Waals surface area (Å²) in [6.07, 6.45) is 9.23. The molecule has 3 aromatic heterocycles. The van der Waals surface area contributed by atoms with E-state index in [-0.39, 0.29) is 23.9 Å². The molecule has 38 heavy (non-hydrogen) atoms. The standard InChI is InChI=1S/C28H34N6O4/c1-28(2,3)38-27(36)31-14-11-19(12-15-31)34-25-20-8-4-5-9-22(20)30-33(25)18-21(26(34)35)24-29-13-16-32(24)23-10-6-7-17-37-23/h4-5,8-9,13,16,18-19,23H,6-7,10-12,14-15,17H2,1-3H3. The smallest absolute Gasteiger partial charge is 0.410 e. The minimum absolute atomic E-state index is 0.0990.